The Morgan fingerprint density at radius 3 is 0.764 bits per heavy atom. The molecule has 17 nitrogen and oxygen atoms in total. The van der Waals surface area contributed by atoms with Crippen molar-refractivity contribution >= 4 is 39.5 Å². The molecule has 0 bridgehead atoms. The Bertz CT molecular complexity index is 1730. The SMILES string of the molecule is CCCCCCCCCCCCCCCCCCCCCCCC(=O)O[C@H](COC(=O)CCCCCCCCCCCCCC(C)C)COP(=O)(O)OC[C@@H](O)COP(=O)(O)OC[C@@H](COC(=O)CCCCCCC)OC(=O)CCCCCCCCC(C)C. The van der Waals surface area contributed by atoms with Gasteiger partial charge >= 0.3 is 39.5 Å². The molecule has 0 aliphatic heterocycles. The van der Waals surface area contributed by atoms with Gasteiger partial charge in [-0.3, -0.25) is 37.3 Å². The van der Waals surface area contributed by atoms with Crippen LogP contribution in [0.25, 0.3) is 0 Å². The molecule has 19 heteroatoms. The number of ether oxygens (including phenoxy) is 4. The Balaban J connectivity index is 5.11. The number of carbonyl (C=O) groups is 4. The lowest BCUT2D eigenvalue weighted by Crippen LogP contribution is -2.30. The van der Waals surface area contributed by atoms with Crippen LogP contribution in [0.1, 0.15) is 356 Å². The fraction of sp³-hybridized carbons (Fsp3) is 0.943. The Morgan fingerprint density at radius 1 is 0.303 bits per heavy atom. The fourth-order valence-electron chi connectivity index (χ4n) is 10.6. The van der Waals surface area contributed by atoms with Crippen LogP contribution in [0.2, 0.25) is 0 Å². The maximum Gasteiger partial charge on any atom is 0.472 e. The van der Waals surface area contributed by atoms with Gasteiger partial charge in [0, 0.05) is 25.7 Å². The minimum absolute atomic E-state index is 0.101. The second-order valence-electron chi connectivity index (χ2n) is 26.2. The highest BCUT2D eigenvalue weighted by Crippen LogP contribution is 2.45. The third kappa shape index (κ3) is 64.6. The van der Waals surface area contributed by atoms with Gasteiger partial charge in [-0.2, -0.15) is 0 Å². The minimum Gasteiger partial charge on any atom is -0.462 e. The second kappa shape index (κ2) is 62.2. The van der Waals surface area contributed by atoms with E-state index < -0.39 is 97.5 Å². The number of aliphatic hydroxyl groups excluding tert-OH is 1. The zero-order valence-electron chi connectivity index (χ0n) is 57.7. The number of unbranched alkanes of at least 4 members (excludes halogenated alkanes) is 39. The number of hydrogen-bond donors (Lipinski definition) is 3. The van der Waals surface area contributed by atoms with Crippen LogP contribution < -0.4 is 0 Å². The van der Waals surface area contributed by atoms with E-state index in [0.29, 0.717) is 31.6 Å². The van der Waals surface area contributed by atoms with E-state index in [-0.39, 0.29) is 25.7 Å². The van der Waals surface area contributed by atoms with E-state index in [2.05, 4.69) is 41.5 Å². The van der Waals surface area contributed by atoms with Crippen LogP contribution in [0.4, 0.5) is 0 Å². The molecule has 0 spiro atoms. The summed E-state index contributed by atoms with van der Waals surface area (Å²) in [6, 6.07) is 0. The van der Waals surface area contributed by atoms with E-state index >= 15 is 0 Å². The van der Waals surface area contributed by atoms with Crippen LogP contribution in [0.15, 0.2) is 0 Å². The van der Waals surface area contributed by atoms with Crippen molar-refractivity contribution < 1.29 is 80.2 Å². The summed E-state index contributed by atoms with van der Waals surface area (Å²) in [6.45, 7) is 9.36. The third-order valence-corrected chi connectivity index (χ3v) is 18.1. The standard InChI is InChI=1S/C70H136O17P2/c1-7-9-11-13-14-15-16-17-18-19-20-21-22-23-24-25-28-32-35-42-48-54-69(74)86-66(59-81-68(73)53-47-41-34-31-29-26-27-30-33-39-44-50-62(3)4)61-85-89(78,79)83-57-64(71)56-82-88(76,77)84-60-65(58-80-67(72)52-46-38-12-10-8-2)87-70(75)55-49-43-37-36-40-45-51-63(5)6/h62-66,71H,7-61H2,1-6H3,(H,76,77)(H,78,79)/t64-,65+,66+/m0/s1. The molecule has 0 saturated carbocycles. The molecule has 0 fully saturated rings. The van der Waals surface area contributed by atoms with Crippen molar-refractivity contribution in [2.45, 2.75) is 374 Å². The van der Waals surface area contributed by atoms with Gasteiger partial charge in [0.25, 0.3) is 0 Å². The van der Waals surface area contributed by atoms with E-state index in [4.69, 9.17) is 37.0 Å². The predicted molar refractivity (Wildman–Crippen MR) is 358 cm³/mol. The molecule has 0 heterocycles. The fourth-order valence-corrected chi connectivity index (χ4v) is 12.2. The quantitative estimate of drug-likeness (QED) is 0.0222. The number of aliphatic hydroxyl groups is 1. The predicted octanol–water partition coefficient (Wildman–Crippen LogP) is 20.0. The van der Waals surface area contributed by atoms with Crippen LogP contribution in [-0.2, 0) is 65.4 Å². The monoisotopic (exact) mass is 1310 g/mol. The second-order valence-corrected chi connectivity index (χ2v) is 29.1. The summed E-state index contributed by atoms with van der Waals surface area (Å²) in [5, 5.41) is 10.5. The Labute approximate surface area is 543 Å². The molecule has 0 saturated heterocycles. The summed E-state index contributed by atoms with van der Waals surface area (Å²) in [4.78, 5) is 72.2. The van der Waals surface area contributed by atoms with E-state index in [0.717, 1.165) is 102 Å². The average molecular weight is 1310 g/mol. The van der Waals surface area contributed by atoms with Crippen molar-refractivity contribution in [3.8, 4) is 0 Å². The molecule has 0 aromatic carbocycles. The maximum absolute atomic E-state index is 13.0. The lowest BCUT2D eigenvalue weighted by atomic mass is 10.0. The Morgan fingerprint density at radius 2 is 0.517 bits per heavy atom. The van der Waals surface area contributed by atoms with E-state index in [1.807, 2.05) is 0 Å². The topological polar surface area (TPSA) is 237 Å². The van der Waals surface area contributed by atoms with E-state index in [1.165, 1.54) is 167 Å². The van der Waals surface area contributed by atoms with Gasteiger partial charge in [-0.15, -0.1) is 0 Å². The number of rotatable bonds is 69. The van der Waals surface area contributed by atoms with Gasteiger partial charge in [0.1, 0.15) is 19.3 Å². The number of phosphoric acid groups is 2. The Kier molecular flexibility index (Phi) is 60.8. The zero-order valence-corrected chi connectivity index (χ0v) is 59.5. The van der Waals surface area contributed by atoms with Crippen molar-refractivity contribution in [1.82, 2.24) is 0 Å². The van der Waals surface area contributed by atoms with Crippen LogP contribution in [0.3, 0.4) is 0 Å². The lowest BCUT2D eigenvalue weighted by molar-refractivity contribution is -0.161. The largest absolute Gasteiger partial charge is 0.472 e. The molecule has 5 atom stereocenters. The van der Waals surface area contributed by atoms with Gasteiger partial charge in [-0.25, -0.2) is 9.13 Å². The summed E-state index contributed by atoms with van der Waals surface area (Å²) >= 11 is 0. The summed E-state index contributed by atoms with van der Waals surface area (Å²) < 4.78 is 68.0. The molecule has 0 aromatic heterocycles. The molecular weight excluding hydrogens is 1170 g/mol. The lowest BCUT2D eigenvalue weighted by Gasteiger charge is -2.21. The molecule has 0 rings (SSSR count). The van der Waals surface area contributed by atoms with Gasteiger partial charge in [0.2, 0.25) is 0 Å². The van der Waals surface area contributed by atoms with E-state index in [1.54, 1.807) is 0 Å². The molecule has 528 valence electrons. The highest BCUT2D eigenvalue weighted by atomic mass is 31.2. The third-order valence-electron chi connectivity index (χ3n) is 16.2. The highest BCUT2D eigenvalue weighted by Gasteiger charge is 2.30. The Hall–Kier alpha value is -1.94. The first-order valence-corrected chi connectivity index (χ1v) is 39.5. The van der Waals surface area contributed by atoms with Crippen LogP contribution in [-0.4, -0.2) is 96.7 Å². The van der Waals surface area contributed by atoms with Crippen molar-refractivity contribution in [3.05, 3.63) is 0 Å². The maximum atomic E-state index is 13.0. The van der Waals surface area contributed by atoms with Crippen LogP contribution >= 0.6 is 15.6 Å². The first-order valence-electron chi connectivity index (χ1n) is 36.5. The van der Waals surface area contributed by atoms with Crippen molar-refractivity contribution in [1.29, 1.82) is 0 Å². The molecule has 0 radical (unpaired) electrons. The molecule has 2 unspecified atom stereocenters. The first-order chi connectivity index (χ1) is 42.9. The van der Waals surface area contributed by atoms with Gasteiger partial charge in [-0.1, -0.05) is 305 Å². The van der Waals surface area contributed by atoms with Crippen molar-refractivity contribution in [3.63, 3.8) is 0 Å². The van der Waals surface area contributed by atoms with Crippen molar-refractivity contribution in [2.75, 3.05) is 39.6 Å². The normalized spacial score (nSPS) is 14.1. The van der Waals surface area contributed by atoms with Gasteiger partial charge in [-0.05, 0) is 37.5 Å². The molecule has 0 amide bonds. The first kappa shape index (κ1) is 87.1. The minimum atomic E-state index is -4.95. The van der Waals surface area contributed by atoms with Crippen molar-refractivity contribution in [2.24, 2.45) is 11.8 Å². The number of hydrogen-bond acceptors (Lipinski definition) is 15. The molecule has 89 heavy (non-hydrogen) atoms. The molecule has 3 N–H and O–H groups in total. The molecular formula is C70H136O17P2. The molecule has 0 aromatic rings. The summed E-state index contributed by atoms with van der Waals surface area (Å²) in [6.07, 6.45) is 48.0. The van der Waals surface area contributed by atoms with Gasteiger partial charge in [0.15, 0.2) is 12.2 Å². The van der Waals surface area contributed by atoms with Gasteiger partial charge in [0.05, 0.1) is 26.4 Å². The summed E-state index contributed by atoms with van der Waals surface area (Å²) in [5.74, 6) is -0.701. The smallest absolute Gasteiger partial charge is 0.462 e. The van der Waals surface area contributed by atoms with Gasteiger partial charge < -0.3 is 33.8 Å². The van der Waals surface area contributed by atoms with Crippen LogP contribution in [0, 0.1) is 11.8 Å². The zero-order chi connectivity index (χ0) is 65.7. The number of phosphoric ester groups is 2. The van der Waals surface area contributed by atoms with Crippen LogP contribution in [0.5, 0.6) is 0 Å². The molecule has 0 aliphatic carbocycles. The number of carbonyl (C=O) groups excluding carboxylic acids is 4. The summed E-state index contributed by atoms with van der Waals surface area (Å²) in [5.41, 5.74) is 0. The summed E-state index contributed by atoms with van der Waals surface area (Å²) in [7, 11) is -9.89. The average Bonchev–Trinajstić information content (AvgIpc) is 3.55. The van der Waals surface area contributed by atoms with E-state index in [9.17, 15) is 43.2 Å². The highest BCUT2D eigenvalue weighted by molar-refractivity contribution is 7.47. The number of esters is 4. The molecule has 0 aliphatic rings.